The molecule has 1 aliphatic heterocycles. The normalized spacial score (nSPS) is 18.9. The SMILES string of the molecule is CCN1CCC(c2nc3ccccc3s2)CC1. The quantitative estimate of drug-likeness (QED) is 0.806. The maximum absolute atomic E-state index is 4.79. The van der Waals surface area contributed by atoms with Gasteiger partial charge in [0.15, 0.2) is 0 Å². The van der Waals surface area contributed by atoms with Crippen LogP contribution in [0.2, 0.25) is 0 Å². The van der Waals surface area contributed by atoms with Crippen LogP contribution in [0.25, 0.3) is 10.2 Å². The minimum absolute atomic E-state index is 0.690. The van der Waals surface area contributed by atoms with E-state index >= 15 is 0 Å². The van der Waals surface area contributed by atoms with E-state index in [-0.39, 0.29) is 0 Å². The monoisotopic (exact) mass is 246 g/mol. The highest BCUT2D eigenvalue weighted by Gasteiger charge is 2.22. The predicted molar refractivity (Wildman–Crippen MR) is 73.7 cm³/mol. The lowest BCUT2D eigenvalue weighted by molar-refractivity contribution is 0.222. The molecule has 0 saturated carbocycles. The summed E-state index contributed by atoms with van der Waals surface area (Å²) in [7, 11) is 0. The summed E-state index contributed by atoms with van der Waals surface area (Å²) in [4.78, 5) is 7.32. The van der Waals surface area contributed by atoms with Crippen molar-refractivity contribution in [1.82, 2.24) is 9.88 Å². The Morgan fingerprint density at radius 2 is 2.06 bits per heavy atom. The van der Waals surface area contributed by atoms with Gasteiger partial charge in [0.05, 0.1) is 15.2 Å². The van der Waals surface area contributed by atoms with Gasteiger partial charge in [0.25, 0.3) is 0 Å². The zero-order valence-electron chi connectivity index (χ0n) is 10.2. The number of para-hydroxylation sites is 1. The third-order valence-corrected chi connectivity index (χ3v) is 4.89. The van der Waals surface area contributed by atoms with E-state index in [1.54, 1.807) is 0 Å². The summed E-state index contributed by atoms with van der Waals surface area (Å²) in [5, 5.41) is 1.35. The predicted octanol–water partition coefficient (Wildman–Crippen LogP) is 3.50. The van der Waals surface area contributed by atoms with Crippen LogP contribution >= 0.6 is 11.3 Å². The van der Waals surface area contributed by atoms with Gasteiger partial charge in [-0.25, -0.2) is 4.98 Å². The molecule has 3 heteroatoms. The van der Waals surface area contributed by atoms with Crippen LogP contribution in [0.1, 0.15) is 30.7 Å². The van der Waals surface area contributed by atoms with E-state index in [0.717, 1.165) is 0 Å². The number of hydrogen-bond acceptors (Lipinski definition) is 3. The molecule has 1 aromatic heterocycles. The van der Waals surface area contributed by atoms with Crippen molar-refractivity contribution in [2.45, 2.75) is 25.7 Å². The fourth-order valence-corrected chi connectivity index (χ4v) is 3.70. The molecule has 0 unspecified atom stereocenters. The van der Waals surface area contributed by atoms with Crippen molar-refractivity contribution in [3.05, 3.63) is 29.3 Å². The molecule has 0 atom stereocenters. The van der Waals surface area contributed by atoms with Crippen LogP contribution in [0.4, 0.5) is 0 Å². The zero-order valence-corrected chi connectivity index (χ0v) is 11.0. The molecule has 2 aromatic rings. The van der Waals surface area contributed by atoms with E-state index in [2.05, 4.69) is 36.1 Å². The second kappa shape index (κ2) is 4.75. The van der Waals surface area contributed by atoms with Crippen LogP contribution in [0, 0.1) is 0 Å². The Hall–Kier alpha value is -0.930. The molecule has 90 valence electrons. The fraction of sp³-hybridized carbons (Fsp3) is 0.500. The number of benzene rings is 1. The first-order chi connectivity index (χ1) is 8.36. The molecule has 1 fully saturated rings. The average Bonchev–Trinajstić information content (AvgIpc) is 2.82. The number of hydrogen-bond donors (Lipinski definition) is 0. The highest BCUT2D eigenvalue weighted by atomic mass is 32.1. The van der Waals surface area contributed by atoms with Crippen molar-refractivity contribution in [3.63, 3.8) is 0 Å². The lowest BCUT2D eigenvalue weighted by Crippen LogP contribution is -2.32. The number of rotatable bonds is 2. The first kappa shape index (κ1) is 11.2. The number of likely N-dealkylation sites (tertiary alicyclic amines) is 1. The number of thiazole rings is 1. The van der Waals surface area contributed by atoms with Crippen LogP contribution in [-0.2, 0) is 0 Å². The maximum atomic E-state index is 4.79. The van der Waals surface area contributed by atoms with Gasteiger partial charge in [-0.05, 0) is 44.6 Å². The van der Waals surface area contributed by atoms with Gasteiger partial charge in [-0.1, -0.05) is 19.1 Å². The topological polar surface area (TPSA) is 16.1 Å². The standard InChI is InChI=1S/C14H18N2S/c1-2-16-9-7-11(8-10-16)14-15-12-5-3-4-6-13(12)17-14/h3-6,11H,2,7-10H2,1H3. The summed E-state index contributed by atoms with van der Waals surface area (Å²) in [6.07, 6.45) is 2.54. The molecule has 1 aromatic carbocycles. The molecule has 0 amide bonds. The van der Waals surface area contributed by atoms with Gasteiger partial charge in [-0.2, -0.15) is 0 Å². The second-order valence-corrected chi connectivity index (χ2v) is 5.79. The van der Waals surface area contributed by atoms with Crippen molar-refractivity contribution in [1.29, 1.82) is 0 Å². The Morgan fingerprint density at radius 3 is 2.76 bits per heavy atom. The largest absolute Gasteiger partial charge is 0.304 e. The van der Waals surface area contributed by atoms with Crippen molar-refractivity contribution in [2.75, 3.05) is 19.6 Å². The Bertz CT molecular complexity index is 465. The molecule has 2 heterocycles. The molecule has 2 nitrogen and oxygen atoms in total. The third kappa shape index (κ3) is 2.22. The lowest BCUT2D eigenvalue weighted by atomic mass is 9.98. The van der Waals surface area contributed by atoms with E-state index in [4.69, 9.17) is 4.98 Å². The van der Waals surface area contributed by atoms with Crippen LogP contribution in [0.3, 0.4) is 0 Å². The average molecular weight is 246 g/mol. The Kier molecular flexibility index (Phi) is 3.12. The van der Waals surface area contributed by atoms with Gasteiger partial charge in [-0.15, -0.1) is 11.3 Å². The number of piperidine rings is 1. The van der Waals surface area contributed by atoms with Gasteiger partial charge < -0.3 is 4.90 Å². The minimum atomic E-state index is 0.690. The summed E-state index contributed by atoms with van der Waals surface area (Å²) < 4.78 is 1.33. The van der Waals surface area contributed by atoms with Gasteiger partial charge in [-0.3, -0.25) is 0 Å². The van der Waals surface area contributed by atoms with E-state index in [1.807, 2.05) is 11.3 Å². The smallest absolute Gasteiger partial charge is 0.0970 e. The molecule has 0 bridgehead atoms. The van der Waals surface area contributed by atoms with Gasteiger partial charge in [0.2, 0.25) is 0 Å². The molecule has 0 N–H and O–H groups in total. The van der Waals surface area contributed by atoms with E-state index in [1.165, 1.54) is 47.7 Å². The van der Waals surface area contributed by atoms with E-state index in [9.17, 15) is 0 Å². The lowest BCUT2D eigenvalue weighted by Gasteiger charge is -2.29. The number of fused-ring (bicyclic) bond motifs is 1. The molecule has 3 rings (SSSR count). The van der Waals surface area contributed by atoms with Crippen molar-refractivity contribution >= 4 is 21.6 Å². The molecule has 0 aliphatic carbocycles. The summed E-state index contributed by atoms with van der Waals surface area (Å²) >= 11 is 1.88. The van der Waals surface area contributed by atoms with Crippen LogP contribution in [-0.4, -0.2) is 29.5 Å². The van der Waals surface area contributed by atoms with Crippen molar-refractivity contribution < 1.29 is 0 Å². The first-order valence-corrected chi connectivity index (χ1v) is 7.26. The number of aromatic nitrogens is 1. The molecular weight excluding hydrogens is 228 g/mol. The zero-order chi connectivity index (χ0) is 11.7. The number of nitrogens with zero attached hydrogens (tertiary/aromatic N) is 2. The Morgan fingerprint density at radius 1 is 1.29 bits per heavy atom. The molecular formula is C14H18N2S. The second-order valence-electron chi connectivity index (χ2n) is 4.73. The van der Waals surface area contributed by atoms with Crippen LogP contribution in [0.15, 0.2) is 24.3 Å². The van der Waals surface area contributed by atoms with E-state index in [0.29, 0.717) is 5.92 Å². The summed E-state index contributed by atoms with van der Waals surface area (Å²) in [5.74, 6) is 0.690. The summed E-state index contributed by atoms with van der Waals surface area (Å²) in [6, 6.07) is 8.48. The van der Waals surface area contributed by atoms with Crippen molar-refractivity contribution in [2.24, 2.45) is 0 Å². The van der Waals surface area contributed by atoms with Gasteiger partial charge in [0.1, 0.15) is 0 Å². The first-order valence-electron chi connectivity index (χ1n) is 6.44. The highest BCUT2D eigenvalue weighted by molar-refractivity contribution is 7.18. The Labute approximate surface area is 106 Å². The van der Waals surface area contributed by atoms with Crippen LogP contribution in [0.5, 0.6) is 0 Å². The molecule has 1 aliphatic rings. The maximum Gasteiger partial charge on any atom is 0.0970 e. The molecule has 0 radical (unpaired) electrons. The van der Waals surface area contributed by atoms with E-state index < -0.39 is 0 Å². The summed E-state index contributed by atoms with van der Waals surface area (Å²) in [6.45, 7) is 5.90. The van der Waals surface area contributed by atoms with Crippen molar-refractivity contribution in [3.8, 4) is 0 Å². The fourth-order valence-electron chi connectivity index (χ4n) is 2.56. The van der Waals surface area contributed by atoms with Gasteiger partial charge in [0, 0.05) is 5.92 Å². The molecule has 1 saturated heterocycles. The molecule has 0 spiro atoms. The Balaban J connectivity index is 1.80. The third-order valence-electron chi connectivity index (χ3n) is 3.69. The minimum Gasteiger partial charge on any atom is -0.304 e. The van der Waals surface area contributed by atoms with Crippen LogP contribution < -0.4 is 0 Å². The summed E-state index contributed by atoms with van der Waals surface area (Å²) in [5.41, 5.74) is 1.17. The highest BCUT2D eigenvalue weighted by Crippen LogP contribution is 2.33. The molecule has 17 heavy (non-hydrogen) atoms. The van der Waals surface area contributed by atoms with Gasteiger partial charge >= 0.3 is 0 Å².